The SMILES string of the molecule is CCCO[C@@H](C(N)=O)[C@@H](O)[C@H](O)[C@H](O)C(O)CO. The first-order valence-electron chi connectivity index (χ1n) is 5.60. The van der Waals surface area contributed by atoms with Crippen molar-refractivity contribution in [2.45, 2.75) is 43.9 Å². The number of carbonyl (C=O) groups excluding carboxylic acids is 1. The maximum Gasteiger partial charge on any atom is 0.249 e. The van der Waals surface area contributed by atoms with Crippen LogP contribution in [0.5, 0.6) is 0 Å². The summed E-state index contributed by atoms with van der Waals surface area (Å²) in [5.41, 5.74) is 5.00. The number of nitrogens with two attached hydrogens (primary N) is 1. The molecule has 18 heavy (non-hydrogen) atoms. The van der Waals surface area contributed by atoms with Gasteiger partial charge in [0.1, 0.15) is 24.4 Å². The Morgan fingerprint density at radius 3 is 2.11 bits per heavy atom. The zero-order chi connectivity index (χ0) is 14.3. The number of hydrogen-bond acceptors (Lipinski definition) is 7. The first kappa shape index (κ1) is 17.2. The molecule has 0 radical (unpaired) electrons. The van der Waals surface area contributed by atoms with Crippen molar-refractivity contribution in [2.75, 3.05) is 13.2 Å². The first-order valence-corrected chi connectivity index (χ1v) is 5.60. The van der Waals surface area contributed by atoms with Gasteiger partial charge in [-0.2, -0.15) is 0 Å². The van der Waals surface area contributed by atoms with Crippen molar-refractivity contribution < 1.29 is 35.1 Å². The second-order valence-electron chi connectivity index (χ2n) is 3.92. The van der Waals surface area contributed by atoms with Gasteiger partial charge in [-0.25, -0.2) is 0 Å². The van der Waals surface area contributed by atoms with Crippen molar-refractivity contribution in [3.8, 4) is 0 Å². The number of carbonyl (C=O) groups is 1. The van der Waals surface area contributed by atoms with Gasteiger partial charge in [-0.3, -0.25) is 4.79 Å². The fourth-order valence-electron chi connectivity index (χ4n) is 1.31. The van der Waals surface area contributed by atoms with E-state index in [4.69, 9.17) is 20.7 Å². The molecule has 1 unspecified atom stereocenters. The number of hydrogen-bond donors (Lipinski definition) is 6. The van der Waals surface area contributed by atoms with Crippen LogP contribution in [0.4, 0.5) is 0 Å². The topological polar surface area (TPSA) is 153 Å². The molecular formula is C10H21NO7. The van der Waals surface area contributed by atoms with Crippen molar-refractivity contribution in [3.63, 3.8) is 0 Å². The van der Waals surface area contributed by atoms with Crippen LogP contribution >= 0.6 is 0 Å². The molecule has 0 aliphatic heterocycles. The Labute approximate surface area is 105 Å². The summed E-state index contributed by atoms with van der Waals surface area (Å²) in [6.07, 6.45) is -8.08. The molecule has 0 aliphatic carbocycles. The van der Waals surface area contributed by atoms with E-state index in [0.717, 1.165) is 0 Å². The van der Waals surface area contributed by atoms with E-state index in [1.165, 1.54) is 0 Å². The Bertz CT molecular complexity index is 250. The smallest absolute Gasteiger partial charge is 0.249 e. The third-order valence-corrected chi connectivity index (χ3v) is 2.37. The molecule has 5 atom stereocenters. The molecule has 0 rings (SSSR count). The van der Waals surface area contributed by atoms with E-state index in [2.05, 4.69) is 0 Å². The van der Waals surface area contributed by atoms with Crippen LogP contribution < -0.4 is 5.73 Å². The van der Waals surface area contributed by atoms with Crippen molar-refractivity contribution >= 4 is 5.91 Å². The van der Waals surface area contributed by atoms with Crippen LogP contribution in [0.1, 0.15) is 13.3 Å². The van der Waals surface area contributed by atoms with Gasteiger partial charge >= 0.3 is 0 Å². The summed E-state index contributed by atoms with van der Waals surface area (Å²) in [4.78, 5) is 11.0. The summed E-state index contributed by atoms with van der Waals surface area (Å²) in [6.45, 7) is 1.10. The first-order chi connectivity index (χ1) is 8.36. The van der Waals surface area contributed by atoms with Crippen molar-refractivity contribution in [1.29, 1.82) is 0 Å². The third kappa shape index (κ3) is 4.84. The van der Waals surface area contributed by atoms with E-state index in [1.807, 2.05) is 0 Å². The highest BCUT2D eigenvalue weighted by Crippen LogP contribution is 2.11. The zero-order valence-corrected chi connectivity index (χ0v) is 10.1. The lowest BCUT2D eigenvalue weighted by Gasteiger charge is -2.29. The minimum Gasteiger partial charge on any atom is -0.394 e. The fourth-order valence-corrected chi connectivity index (χ4v) is 1.31. The van der Waals surface area contributed by atoms with E-state index < -0.39 is 43.0 Å². The average Bonchev–Trinajstić information content (AvgIpc) is 2.35. The number of primary amides is 1. The maximum atomic E-state index is 11.0. The highest BCUT2D eigenvalue weighted by Gasteiger charge is 2.37. The van der Waals surface area contributed by atoms with Crippen LogP contribution in [0, 0.1) is 0 Å². The Morgan fingerprint density at radius 1 is 1.17 bits per heavy atom. The largest absolute Gasteiger partial charge is 0.394 e. The molecule has 7 N–H and O–H groups in total. The molecule has 0 saturated carbocycles. The molecule has 0 aromatic carbocycles. The fraction of sp³-hybridized carbons (Fsp3) is 0.900. The molecule has 0 aliphatic rings. The highest BCUT2D eigenvalue weighted by atomic mass is 16.5. The Kier molecular flexibility index (Phi) is 8.00. The normalized spacial score (nSPS) is 19.9. The van der Waals surface area contributed by atoms with Gasteiger partial charge in [0.25, 0.3) is 0 Å². The lowest BCUT2D eigenvalue weighted by atomic mass is 9.99. The van der Waals surface area contributed by atoms with E-state index >= 15 is 0 Å². The Hall–Kier alpha value is -0.770. The molecule has 0 aromatic rings. The maximum absolute atomic E-state index is 11.0. The van der Waals surface area contributed by atoms with Gasteiger partial charge in [0.15, 0.2) is 6.10 Å². The van der Waals surface area contributed by atoms with Gasteiger partial charge < -0.3 is 36.0 Å². The number of amides is 1. The van der Waals surface area contributed by atoms with Crippen molar-refractivity contribution in [3.05, 3.63) is 0 Å². The van der Waals surface area contributed by atoms with Gasteiger partial charge in [-0.1, -0.05) is 6.92 Å². The average molecular weight is 267 g/mol. The summed E-state index contributed by atoms with van der Waals surface area (Å²) in [7, 11) is 0. The van der Waals surface area contributed by atoms with Crippen LogP contribution in [0.15, 0.2) is 0 Å². The number of aliphatic hydroxyl groups is 5. The molecule has 8 heteroatoms. The minimum atomic E-state index is -1.87. The lowest BCUT2D eigenvalue weighted by molar-refractivity contribution is -0.163. The quantitative estimate of drug-likeness (QED) is 0.256. The molecule has 0 bridgehead atoms. The lowest BCUT2D eigenvalue weighted by Crippen LogP contribution is -2.54. The Balaban J connectivity index is 4.64. The van der Waals surface area contributed by atoms with Gasteiger partial charge in [-0.15, -0.1) is 0 Å². The van der Waals surface area contributed by atoms with Crippen LogP contribution in [-0.2, 0) is 9.53 Å². The predicted octanol–water partition coefficient (Wildman–Crippen LogP) is -3.30. The molecule has 108 valence electrons. The summed E-state index contributed by atoms with van der Waals surface area (Å²) in [5.74, 6) is -0.999. The molecule has 0 fully saturated rings. The molecule has 1 amide bonds. The summed E-state index contributed by atoms with van der Waals surface area (Å²) < 4.78 is 4.96. The predicted molar refractivity (Wildman–Crippen MR) is 60.3 cm³/mol. The molecule has 0 saturated heterocycles. The van der Waals surface area contributed by atoms with E-state index in [0.29, 0.717) is 6.42 Å². The van der Waals surface area contributed by atoms with Gasteiger partial charge in [0.2, 0.25) is 5.91 Å². The third-order valence-electron chi connectivity index (χ3n) is 2.37. The molecule has 0 aromatic heterocycles. The van der Waals surface area contributed by atoms with Gasteiger partial charge in [-0.05, 0) is 6.42 Å². The van der Waals surface area contributed by atoms with Crippen molar-refractivity contribution in [1.82, 2.24) is 0 Å². The summed E-state index contributed by atoms with van der Waals surface area (Å²) >= 11 is 0. The van der Waals surface area contributed by atoms with Crippen molar-refractivity contribution in [2.24, 2.45) is 5.73 Å². The zero-order valence-electron chi connectivity index (χ0n) is 10.1. The standard InChI is InChI=1S/C10H21NO7/c1-2-3-18-9(10(11)17)8(16)7(15)6(14)5(13)4-12/h5-9,12-16H,2-4H2,1H3,(H2,11,17)/t5?,6-,7-,8+,9-/m1/s1. The Morgan fingerprint density at radius 2 is 1.72 bits per heavy atom. The highest BCUT2D eigenvalue weighted by molar-refractivity contribution is 5.79. The van der Waals surface area contributed by atoms with Crippen LogP contribution in [0.3, 0.4) is 0 Å². The second kappa shape index (κ2) is 8.35. The monoisotopic (exact) mass is 267 g/mol. The van der Waals surface area contributed by atoms with E-state index in [1.54, 1.807) is 6.92 Å². The minimum absolute atomic E-state index is 0.135. The number of ether oxygens (including phenoxy) is 1. The molecule has 0 spiro atoms. The van der Waals surface area contributed by atoms with Crippen LogP contribution in [0.25, 0.3) is 0 Å². The molecular weight excluding hydrogens is 246 g/mol. The van der Waals surface area contributed by atoms with E-state index in [-0.39, 0.29) is 6.61 Å². The molecule has 8 nitrogen and oxygen atoms in total. The van der Waals surface area contributed by atoms with E-state index in [9.17, 15) is 20.1 Å². The van der Waals surface area contributed by atoms with Crippen LogP contribution in [0.2, 0.25) is 0 Å². The van der Waals surface area contributed by atoms with Gasteiger partial charge in [0, 0.05) is 6.61 Å². The second-order valence-corrected chi connectivity index (χ2v) is 3.92. The molecule has 0 heterocycles. The summed E-state index contributed by atoms with van der Waals surface area (Å²) in [5, 5.41) is 46.3. The number of aliphatic hydroxyl groups excluding tert-OH is 5. The van der Waals surface area contributed by atoms with Crippen LogP contribution in [-0.4, -0.2) is 75.2 Å². The number of rotatable bonds is 9. The summed E-state index contributed by atoms with van der Waals surface area (Å²) in [6, 6.07) is 0. The van der Waals surface area contributed by atoms with Gasteiger partial charge in [0.05, 0.1) is 6.61 Å².